The third-order valence-electron chi connectivity index (χ3n) is 5.82. The van der Waals surface area contributed by atoms with Crippen LogP contribution >= 0.6 is 0 Å². The van der Waals surface area contributed by atoms with E-state index in [-0.39, 0.29) is 6.61 Å². The van der Waals surface area contributed by atoms with Crippen molar-refractivity contribution in [2.45, 2.75) is 19.9 Å². The monoisotopic (exact) mass is 453 g/mol. The molecule has 4 aromatic rings. The van der Waals surface area contributed by atoms with Gasteiger partial charge in [0.25, 0.3) is 0 Å². The average Bonchev–Trinajstić information content (AvgIpc) is 2.83. The van der Waals surface area contributed by atoms with Gasteiger partial charge in [-0.2, -0.15) is 0 Å². The van der Waals surface area contributed by atoms with Gasteiger partial charge in [0.05, 0.1) is 0 Å². The molecule has 0 bridgehead atoms. The molecule has 0 radical (unpaired) electrons. The van der Waals surface area contributed by atoms with E-state index in [2.05, 4.69) is 59.4 Å². The largest absolute Gasteiger partial charge is 0.396 e. The smallest absolute Gasteiger partial charge is 0.180 e. The van der Waals surface area contributed by atoms with Crippen molar-refractivity contribution in [2.24, 2.45) is 5.92 Å². The van der Waals surface area contributed by atoms with Crippen LogP contribution in [0.25, 0.3) is 11.5 Å². The maximum absolute atomic E-state index is 9.17. The molecule has 1 fully saturated rings. The van der Waals surface area contributed by atoms with Gasteiger partial charge in [0.15, 0.2) is 5.82 Å². The predicted octanol–water partition coefficient (Wildman–Crippen LogP) is 3.40. The van der Waals surface area contributed by atoms with Crippen molar-refractivity contribution in [1.29, 1.82) is 0 Å². The van der Waals surface area contributed by atoms with Crippen LogP contribution in [0, 0.1) is 12.8 Å². The number of aliphatic hydroxyl groups is 1. The molecule has 1 aliphatic rings. The fourth-order valence-corrected chi connectivity index (χ4v) is 4.03. The third-order valence-corrected chi connectivity index (χ3v) is 5.82. The molecule has 0 saturated carbocycles. The summed E-state index contributed by atoms with van der Waals surface area (Å²) in [4.78, 5) is 24.9. The second-order valence-electron chi connectivity index (χ2n) is 8.65. The van der Waals surface area contributed by atoms with E-state index in [0.717, 1.165) is 42.4 Å². The van der Waals surface area contributed by atoms with E-state index in [1.54, 1.807) is 18.5 Å². The first-order valence-electron chi connectivity index (χ1n) is 11.4. The van der Waals surface area contributed by atoms with E-state index in [1.807, 2.05) is 31.2 Å². The lowest BCUT2D eigenvalue weighted by Gasteiger charge is -2.38. The van der Waals surface area contributed by atoms with Crippen LogP contribution in [0.5, 0.6) is 0 Å². The Hall–Kier alpha value is -3.75. The number of nitrogens with zero attached hydrogens (tertiary/aromatic N) is 6. The number of aryl methyl sites for hydroxylation is 1. The number of likely N-dealkylation sites (tertiary alicyclic amines) is 1. The normalized spacial score (nSPS) is 14.1. The molecule has 3 aromatic heterocycles. The fourth-order valence-electron chi connectivity index (χ4n) is 4.03. The Morgan fingerprint density at radius 3 is 2.38 bits per heavy atom. The van der Waals surface area contributed by atoms with Crippen molar-refractivity contribution in [2.75, 3.05) is 25.0 Å². The summed E-state index contributed by atoms with van der Waals surface area (Å²) < 4.78 is 0. The first kappa shape index (κ1) is 22.1. The Bertz CT molecular complexity index is 1260. The molecule has 1 aliphatic heterocycles. The van der Waals surface area contributed by atoms with Crippen molar-refractivity contribution in [3.05, 3.63) is 89.6 Å². The summed E-state index contributed by atoms with van der Waals surface area (Å²) in [6.45, 7) is 5.10. The van der Waals surface area contributed by atoms with Gasteiger partial charge >= 0.3 is 0 Å². The molecule has 0 spiro atoms. The highest BCUT2D eigenvalue weighted by atomic mass is 16.3. The summed E-state index contributed by atoms with van der Waals surface area (Å²) in [6, 6.07) is 18.0. The Morgan fingerprint density at radius 1 is 0.882 bits per heavy atom. The van der Waals surface area contributed by atoms with Gasteiger partial charge in [0, 0.05) is 56.7 Å². The molecule has 5 rings (SSSR count). The molecule has 2 N–H and O–H groups in total. The van der Waals surface area contributed by atoms with E-state index in [1.165, 1.54) is 5.56 Å². The van der Waals surface area contributed by atoms with Crippen LogP contribution in [0.2, 0.25) is 0 Å². The lowest BCUT2D eigenvalue weighted by molar-refractivity contribution is 0.0479. The standard InChI is InChI=1S/C26H27N7O/c1-18-3-2-4-22(29-18)26-28-12-10-24(32-26)30-23-9-11-27-25(31-23)13-19-5-7-20(8-6-19)14-33-15-21(16-33)17-34/h2-12,21,34H,13-17H2,1H3,(H,27,28,30,31,32). The molecule has 0 amide bonds. The van der Waals surface area contributed by atoms with E-state index >= 15 is 0 Å². The lowest BCUT2D eigenvalue weighted by atomic mass is 10.00. The molecule has 1 saturated heterocycles. The summed E-state index contributed by atoms with van der Waals surface area (Å²) >= 11 is 0. The van der Waals surface area contributed by atoms with Gasteiger partial charge < -0.3 is 10.4 Å². The molecule has 0 atom stereocenters. The Morgan fingerprint density at radius 2 is 1.62 bits per heavy atom. The highest BCUT2D eigenvalue weighted by molar-refractivity contribution is 5.56. The molecule has 8 nitrogen and oxygen atoms in total. The molecule has 4 heterocycles. The minimum Gasteiger partial charge on any atom is -0.396 e. The van der Waals surface area contributed by atoms with Gasteiger partial charge in [-0.3, -0.25) is 4.90 Å². The number of nitrogens with one attached hydrogen (secondary N) is 1. The number of aromatic nitrogens is 5. The van der Waals surface area contributed by atoms with E-state index < -0.39 is 0 Å². The predicted molar refractivity (Wildman–Crippen MR) is 130 cm³/mol. The van der Waals surface area contributed by atoms with E-state index in [9.17, 15) is 0 Å². The molecule has 34 heavy (non-hydrogen) atoms. The zero-order valence-electron chi connectivity index (χ0n) is 19.1. The van der Waals surface area contributed by atoms with Crippen LogP contribution in [-0.2, 0) is 13.0 Å². The number of anilines is 2. The van der Waals surface area contributed by atoms with Crippen LogP contribution in [0.4, 0.5) is 11.6 Å². The van der Waals surface area contributed by atoms with E-state index in [4.69, 9.17) is 5.11 Å². The minimum absolute atomic E-state index is 0.283. The number of aliphatic hydroxyl groups excluding tert-OH is 1. The maximum Gasteiger partial charge on any atom is 0.180 e. The van der Waals surface area contributed by atoms with Gasteiger partial charge in [-0.25, -0.2) is 24.9 Å². The number of pyridine rings is 1. The van der Waals surface area contributed by atoms with Gasteiger partial charge in [-0.05, 0) is 42.3 Å². The Labute approximate surface area is 198 Å². The topological polar surface area (TPSA) is 100.0 Å². The maximum atomic E-state index is 9.17. The van der Waals surface area contributed by atoms with Crippen LogP contribution in [0.1, 0.15) is 22.6 Å². The number of rotatable bonds is 8. The van der Waals surface area contributed by atoms with Crippen molar-refractivity contribution in [3.63, 3.8) is 0 Å². The van der Waals surface area contributed by atoms with Crippen molar-refractivity contribution < 1.29 is 5.11 Å². The number of hydrogen-bond donors (Lipinski definition) is 2. The summed E-state index contributed by atoms with van der Waals surface area (Å²) in [6.07, 6.45) is 4.11. The molecule has 1 aromatic carbocycles. The lowest BCUT2D eigenvalue weighted by Crippen LogP contribution is -2.47. The van der Waals surface area contributed by atoms with Gasteiger partial charge in [-0.1, -0.05) is 30.3 Å². The SMILES string of the molecule is Cc1cccc(-c2nccc(Nc3ccnc(Cc4ccc(CN5CC(CO)C5)cc4)n3)n2)n1. The van der Waals surface area contributed by atoms with E-state index in [0.29, 0.717) is 29.8 Å². The minimum atomic E-state index is 0.283. The summed E-state index contributed by atoms with van der Waals surface area (Å²) in [7, 11) is 0. The second kappa shape index (κ2) is 10.0. The Balaban J connectivity index is 1.22. The van der Waals surface area contributed by atoms with Crippen molar-refractivity contribution in [1.82, 2.24) is 29.8 Å². The zero-order chi connectivity index (χ0) is 23.3. The highest BCUT2D eigenvalue weighted by Gasteiger charge is 2.25. The average molecular weight is 454 g/mol. The second-order valence-corrected chi connectivity index (χ2v) is 8.65. The summed E-state index contributed by atoms with van der Waals surface area (Å²) in [5.74, 6) is 3.07. The molecule has 0 unspecified atom stereocenters. The van der Waals surface area contributed by atoms with Crippen LogP contribution < -0.4 is 5.32 Å². The molecule has 172 valence electrons. The fraction of sp³-hybridized carbons (Fsp3) is 0.269. The summed E-state index contributed by atoms with van der Waals surface area (Å²) in [5, 5.41) is 12.4. The zero-order valence-corrected chi connectivity index (χ0v) is 19.1. The van der Waals surface area contributed by atoms with Crippen LogP contribution in [0.15, 0.2) is 67.0 Å². The van der Waals surface area contributed by atoms with Crippen LogP contribution in [0.3, 0.4) is 0 Å². The summed E-state index contributed by atoms with van der Waals surface area (Å²) in [5.41, 5.74) is 4.09. The quantitative estimate of drug-likeness (QED) is 0.419. The highest BCUT2D eigenvalue weighted by Crippen LogP contribution is 2.20. The molecular weight excluding hydrogens is 426 g/mol. The third kappa shape index (κ3) is 5.41. The number of hydrogen-bond acceptors (Lipinski definition) is 8. The molecular formula is C26H27N7O. The first-order valence-corrected chi connectivity index (χ1v) is 11.4. The van der Waals surface area contributed by atoms with Gasteiger partial charge in [0.1, 0.15) is 23.2 Å². The van der Waals surface area contributed by atoms with Crippen molar-refractivity contribution in [3.8, 4) is 11.5 Å². The van der Waals surface area contributed by atoms with Crippen LogP contribution in [-0.4, -0.2) is 54.6 Å². The van der Waals surface area contributed by atoms with Crippen molar-refractivity contribution >= 4 is 11.6 Å². The molecule has 0 aliphatic carbocycles. The van der Waals surface area contributed by atoms with Gasteiger partial charge in [0.2, 0.25) is 0 Å². The first-order chi connectivity index (χ1) is 16.6. The number of benzene rings is 1. The molecule has 8 heteroatoms. The Kier molecular flexibility index (Phi) is 6.51. The van der Waals surface area contributed by atoms with Gasteiger partial charge in [-0.15, -0.1) is 0 Å².